The van der Waals surface area contributed by atoms with Crippen molar-refractivity contribution in [2.75, 3.05) is 0 Å². The summed E-state index contributed by atoms with van der Waals surface area (Å²) in [6, 6.07) is 43.4. The molecule has 0 N–H and O–H groups in total. The first kappa shape index (κ1) is 22.1. The van der Waals surface area contributed by atoms with Crippen LogP contribution in [0.3, 0.4) is 0 Å². The van der Waals surface area contributed by atoms with Crippen LogP contribution in [0.5, 0.6) is 0 Å². The van der Waals surface area contributed by atoms with Gasteiger partial charge in [0.25, 0.3) is 0 Å². The summed E-state index contributed by atoms with van der Waals surface area (Å²) >= 11 is 0. The third-order valence-corrected chi connectivity index (χ3v) is 8.15. The zero-order valence-electron chi connectivity index (χ0n) is 21.5. The molecule has 0 radical (unpaired) electrons. The highest BCUT2D eigenvalue weighted by Crippen LogP contribution is 2.48. The van der Waals surface area contributed by atoms with E-state index in [2.05, 4.69) is 133 Å². The molecule has 1 heteroatoms. The molecule has 0 bridgehead atoms. The quantitative estimate of drug-likeness (QED) is 0.236. The predicted octanol–water partition coefficient (Wildman–Crippen LogP) is 10.7. The molecule has 1 aromatic heterocycles. The fraction of sp³-hybridized carbons (Fsp3) is 0.0526. The largest absolute Gasteiger partial charge is 0.456 e. The number of hydrogen-bond donors (Lipinski definition) is 0. The first-order valence-corrected chi connectivity index (χ1v) is 13.7. The lowest BCUT2D eigenvalue weighted by molar-refractivity contribution is 0.669. The molecular weight excluding hydrogens is 472 g/mol. The van der Waals surface area contributed by atoms with Gasteiger partial charge in [0.15, 0.2) is 0 Å². The van der Waals surface area contributed by atoms with Crippen molar-refractivity contribution in [3.63, 3.8) is 0 Å². The molecule has 184 valence electrons. The highest BCUT2D eigenvalue weighted by atomic mass is 16.3. The Morgan fingerprint density at radius 1 is 0.487 bits per heavy atom. The maximum Gasteiger partial charge on any atom is 0.136 e. The van der Waals surface area contributed by atoms with Gasteiger partial charge in [0.2, 0.25) is 0 Å². The van der Waals surface area contributed by atoms with E-state index in [1.165, 1.54) is 66.1 Å². The first-order chi connectivity index (χ1) is 19.4. The van der Waals surface area contributed by atoms with Crippen LogP contribution in [0.1, 0.15) is 17.5 Å². The molecule has 0 saturated carbocycles. The Morgan fingerprint density at radius 3 is 1.79 bits per heavy atom. The average Bonchev–Trinajstić information content (AvgIpc) is 3.40. The van der Waals surface area contributed by atoms with E-state index in [-0.39, 0.29) is 0 Å². The number of rotatable bonds is 3. The van der Waals surface area contributed by atoms with Crippen molar-refractivity contribution in [1.82, 2.24) is 0 Å². The minimum Gasteiger partial charge on any atom is -0.456 e. The summed E-state index contributed by atoms with van der Waals surface area (Å²) in [6.45, 7) is 0. The molecule has 1 aliphatic carbocycles. The van der Waals surface area contributed by atoms with E-state index in [0.717, 1.165) is 24.0 Å². The molecule has 6 aromatic carbocycles. The van der Waals surface area contributed by atoms with Gasteiger partial charge in [-0.3, -0.25) is 0 Å². The van der Waals surface area contributed by atoms with E-state index in [1.54, 1.807) is 0 Å². The third kappa shape index (κ3) is 3.40. The van der Waals surface area contributed by atoms with Crippen LogP contribution >= 0.6 is 0 Å². The van der Waals surface area contributed by atoms with E-state index >= 15 is 0 Å². The summed E-state index contributed by atoms with van der Waals surface area (Å²) in [6.07, 6.45) is 6.74. The maximum atomic E-state index is 6.51. The molecule has 1 aliphatic rings. The van der Waals surface area contributed by atoms with Crippen molar-refractivity contribution in [3.8, 4) is 33.4 Å². The second-order valence-corrected chi connectivity index (χ2v) is 10.3. The summed E-state index contributed by atoms with van der Waals surface area (Å²) in [5, 5.41) is 4.97. The van der Waals surface area contributed by atoms with Gasteiger partial charge in [-0.1, -0.05) is 121 Å². The molecule has 0 spiro atoms. The third-order valence-electron chi connectivity index (χ3n) is 8.15. The smallest absolute Gasteiger partial charge is 0.136 e. The van der Waals surface area contributed by atoms with Gasteiger partial charge in [-0.15, -0.1) is 0 Å². The lowest BCUT2D eigenvalue weighted by atomic mass is 9.79. The standard InChI is InChI=1S/C38H26O/c1-3-13-25(14-4-1)27-21-11-23-33-37(27)38-32(22-12-24-34(38)39-33)36-30-19-9-7-17-28(30)35(26-15-5-2-6-16-26)29-18-8-10-20-31(29)36/h1-9,11-19,21-24H,10,20H2. The van der Waals surface area contributed by atoms with Gasteiger partial charge in [0.05, 0.1) is 0 Å². The second-order valence-electron chi connectivity index (χ2n) is 10.3. The fourth-order valence-corrected chi connectivity index (χ4v) is 6.54. The summed E-state index contributed by atoms with van der Waals surface area (Å²) < 4.78 is 6.51. The lowest BCUT2D eigenvalue weighted by Crippen LogP contribution is -2.02. The van der Waals surface area contributed by atoms with Crippen molar-refractivity contribution in [2.45, 2.75) is 12.8 Å². The predicted molar refractivity (Wildman–Crippen MR) is 165 cm³/mol. The molecule has 0 amide bonds. The van der Waals surface area contributed by atoms with Gasteiger partial charge >= 0.3 is 0 Å². The lowest BCUT2D eigenvalue weighted by Gasteiger charge is -2.24. The summed E-state index contributed by atoms with van der Waals surface area (Å²) in [5.74, 6) is 0. The molecular formula is C38H26O. The SMILES string of the molecule is C1=Cc2c(c(-c3cccc4oc5cccc(-c6ccccc6)c5c34)c3ccccc3c2-c2ccccc2)CC1. The van der Waals surface area contributed by atoms with E-state index in [1.807, 2.05) is 0 Å². The van der Waals surface area contributed by atoms with E-state index in [9.17, 15) is 0 Å². The molecule has 7 aromatic rings. The number of benzene rings is 6. The topological polar surface area (TPSA) is 13.1 Å². The molecule has 8 rings (SSSR count). The van der Waals surface area contributed by atoms with E-state index in [4.69, 9.17) is 4.42 Å². The Morgan fingerprint density at radius 2 is 1.08 bits per heavy atom. The monoisotopic (exact) mass is 498 g/mol. The zero-order chi connectivity index (χ0) is 25.8. The van der Waals surface area contributed by atoms with Crippen LogP contribution < -0.4 is 0 Å². The van der Waals surface area contributed by atoms with E-state index < -0.39 is 0 Å². The maximum absolute atomic E-state index is 6.51. The minimum absolute atomic E-state index is 0.928. The normalized spacial score (nSPS) is 12.8. The van der Waals surface area contributed by atoms with Crippen molar-refractivity contribution in [1.29, 1.82) is 0 Å². The van der Waals surface area contributed by atoms with Crippen LogP contribution in [0.2, 0.25) is 0 Å². The minimum atomic E-state index is 0.928. The molecule has 0 aliphatic heterocycles. The van der Waals surface area contributed by atoms with Crippen LogP contribution in [0.15, 0.2) is 132 Å². The highest BCUT2D eigenvalue weighted by Gasteiger charge is 2.24. The van der Waals surface area contributed by atoms with E-state index in [0.29, 0.717) is 0 Å². The number of allylic oxidation sites excluding steroid dienone is 1. The van der Waals surface area contributed by atoms with Gasteiger partial charge in [-0.2, -0.15) is 0 Å². The van der Waals surface area contributed by atoms with Crippen LogP contribution in [0.4, 0.5) is 0 Å². The molecule has 1 heterocycles. The Labute approximate surface area is 227 Å². The molecule has 0 saturated heterocycles. The van der Waals surface area contributed by atoms with Gasteiger partial charge in [0, 0.05) is 10.8 Å². The van der Waals surface area contributed by atoms with Gasteiger partial charge < -0.3 is 4.42 Å². The fourth-order valence-electron chi connectivity index (χ4n) is 6.54. The summed E-state index contributed by atoms with van der Waals surface area (Å²) in [7, 11) is 0. The number of fused-ring (bicyclic) bond motifs is 5. The van der Waals surface area contributed by atoms with Crippen LogP contribution in [0.25, 0.3) is 72.2 Å². The Bertz CT molecular complexity index is 2040. The molecule has 0 atom stereocenters. The Hall–Kier alpha value is -4.88. The van der Waals surface area contributed by atoms with Crippen molar-refractivity contribution in [2.24, 2.45) is 0 Å². The van der Waals surface area contributed by atoms with Gasteiger partial charge in [0.1, 0.15) is 11.2 Å². The molecule has 39 heavy (non-hydrogen) atoms. The highest BCUT2D eigenvalue weighted by molar-refractivity contribution is 6.21. The van der Waals surface area contributed by atoms with Crippen molar-refractivity contribution in [3.05, 3.63) is 139 Å². The molecule has 0 unspecified atom stereocenters. The van der Waals surface area contributed by atoms with Gasteiger partial charge in [-0.05, 0) is 80.3 Å². The van der Waals surface area contributed by atoms with Crippen LogP contribution in [-0.4, -0.2) is 0 Å². The molecule has 1 nitrogen and oxygen atoms in total. The molecule has 0 fully saturated rings. The average molecular weight is 499 g/mol. The number of furan rings is 1. The zero-order valence-corrected chi connectivity index (χ0v) is 21.5. The summed E-state index contributed by atoms with van der Waals surface area (Å²) in [5.41, 5.74) is 12.2. The Kier molecular flexibility index (Phi) is 5.03. The first-order valence-electron chi connectivity index (χ1n) is 13.7. The van der Waals surface area contributed by atoms with Gasteiger partial charge in [-0.25, -0.2) is 0 Å². The van der Waals surface area contributed by atoms with Crippen LogP contribution in [0, 0.1) is 0 Å². The Balaban J connectivity index is 1.54. The second kappa shape index (κ2) is 8.85. The van der Waals surface area contributed by atoms with Crippen LogP contribution in [-0.2, 0) is 6.42 Å². The number of hydrogen-bond acceptors (Lipinski definition) is 1. The summed E-state index contributed by atoms with van der Waals surface area (Å²) in [4.78, 5) is 0. The van der Waals surface area contributed by atoms with Crippen molar-refractivity contribution >= 4 is 38.8 Å². The van der Waals surface area contributed by atoms with Crippen molar-refractivity contribution < 1.29 is 4.42 Å².